The first-order valence-electron chi connectivity index (χ1n) is 6.24. The SMILES string of the molecule is CCCC(Cl)c1noc(-c2cc3ccccc3o2)n1. The van der Waals surface area contributed by atoms with E-state index in [0.29, 0.717) is 17.5 Å². The highest BCUT2D eigenvalue weighted by molar-refractivity contribution is 6.20. The van der Waals surface area contributed by atoms with Gasteiger partial charge in [0.05, 0.1) is 5.38 Å². The molecule has 0 aliphatic carbocycles. The van der Waals surface area contributed by atoms with Gasteiger partial charge in [0.15, 0.2) is 11.6 Å². The summed E-state index contributed by atoms with van der Waals surface area (Å²) in [6.45, 7) is 2.07. The van der Waals surface area contributed by atoms with Gasteiger partial charge in [-0.2, -0.15) is 4.98 Å². The van der Waals surface area contributed by atoms with Crippen LogP contribution in [0.5, 0.6) is 0 Å². The molecule has 0 spiro atoms. The largest absolute Gasteiger partial charge is 0.451 e. The van der Waals surface area contributed by atoms with Gasteiger partial charge < -0.3 is 8.94 Å². The highest BCUT2D eigenvalue weighted by atomic mass is 35.5. The van der Waals surface area contributed by atoms with Gasteiger partial charge in [-0.1, -0.05) is 36.7 Å². The van der Waals surface area contributed by atoms with Crippen LogP contribution in [0.15, 0.2) is 39.3 Å². The van der Waals surface area contributed by atoms with E-state index in [4.69, 9.17) is 20.5 Å². The van der Waals surface area contributed by atoms with Gasteiger partial charge in [-0.25, -0.2) is 0 Å². The number of nitrogens with zero attached hydrogens (tertiary/aromatic N) is 2. The number of aromatic nitrogens is 2. The second-order valence-electron chi connectivity index (χ2n) is 4.36. The zero-order valence-corrected chi connectivity index (χ0v) is 11.2. The van der Waals surface area contributed by atoms with Gasteiger partial charge in [0.25, 0.3) is 5.89 Å². The zero-order chi connectivity index (χ0) is 13.2. The van der Waals surface area contributed by atoms with E-state index in [9.17, 15) is 0 Å². The molecule has 1 aromatic carbocycles. The summed E-state index contributed by atoms with van der Waals surface area (Å²) in [6.07, 6.45) is 1.79. The van der Waals surface area contributed by atoms with Crippen LogP contribution in [-0.4, -0.2) is 10.1 Å². The maximum atomic E-state index is 6.17. The van der Waals surface area contributed by atoms with Gasteiger partial charge in [0, 0.05) is 5.39 Å². The van der Waals surface area contributed by atoms with Crippen LogP contribution in [0.4, 0.5) is 0 Å². The fraction of sp³-hybridized carbons (Fsp3) is 0.286. The number of hydrogen-bond acceptors (Lipinski definition) is 4. The minimum Gasteiger partial charge on any atom is -0.451 e. The minimum atomic E-state index is -0.216. The Balaban J connectivity index is 1.93. The second kappa shape index (κ2) is 5.05. The Kier molecular flexibility index (Phi) is 3.25. The predicted octanol–water partition coefficient (Wildman–Crippen LogP) is 4.56. The Labute approximate surface area is 115 Å². The number of hydrogen-bond donors (Lipinski definition) is 0. The van der Waals surface area contributed by atoms with E-state index in [1.807, 2.05) is 30.3 Å². The molecule has 2 aromatic heterocycles. The first-order valence-corrected chi connectivity index (χ1v) is 6.68. The molecule has 0 amide bonds. The number of fused-ring (bicyclic) bond motifs is 1. The summed E-state index contributed by atoms with van der Waals surface area (Å²) in [5, 5.41) is 4.69. The van der Waals surface area contributed by atoms with Crippen molar-refractivity contribution < 1.29 is 8.94 Å². The Morgan fingerprint density at radius 3 is 2.95 bits per heavy atom. The van der Waals surface area contributed by atoms with Crippen molar-refractivity contribution >= 4 is 22.6 Å². The average Bonchev–Trinajstić information content (AvgIpc) is 3.05. The number of benzene rings is 1. The fourth-order valence-corrected chi connectivity index (χ4v) is 2.24. The summed E-state index contributed by atoms with van der Waals surface area (Å²) in [5.74, 6) is 1.45. The highest BCUT2D eigenvalue weighted by Gasteiger charge is 2.18. The van der Waals surface area contributed by atoms with E-state index in [1.165, 1.54) is 0 Å². The molecule has 0 bridgehead atoms. The average molecular weight is 277 g/mol. The number of alkyl halides is 1. The van der Waals surface area contributed by atoms with Crippen LogP contribution in [0, 0.1) is 0 Å². The summed E-state index contributed by atoms with van der Waals surface area (Å²) < 4.78 is 10.9. The third-order valence-electron chi connectivity index (χ3n) is 2.90. The molecule has 4 nitrogen and oxygen atoms in total. The molecule has 0 N–H and O–H groups in total. The quantitative estimate of drug-likeness (QED) is 0.655. The molecule has 1 atom stereocenters. The van der Waals surface area contributed by atoms with E-state index in [1.54, 1.807) is 0 Å². The predicted molar refractivity (Wildman–Crippen MR) is 73.0 cm³/mol. The monoisotopic (exact) mass is 276 g/mol. The normalized spacial score (nSPS) is 12.9. The first-order chi connectivity index (χ1) is 9.28. The lowest BCUT2D eigenvalue weighted by Crippen LogP contribution is -1.92. The van der Waals surface area contributed by atoms with Gasteiger partial charge in [-0.05, 0) is 18.6 Å². The van der Waals surface area contributed by atoms with Crippen LogP contribution >= 0.6 is 11.6 Å². The molecule has 19 heavy (non-hydrogen) atoms. The fourth-order valence-electron chi connectivity index (χ4n) is 1.93. The molecule has 98 valence electrons. The molecule has 0 radical (unpaired) electrons. The lowest BCUT2D eigenvalue weighted by molar-refractivity contribution is 0.410. The molecule has 0 aliphatic heterocycles. The number of halogens is 1. The van der Waals surface area contributed by atoms with E-state index < -0.39 is 0 Å². The van der Waals surface area contributed by atoms with E-state index in [0.717, 1.165) is 23.8 Å². The molecular formula is C14H13ClN2O2. The van der Waals surface area contributed by atoms with Gasteiger partial charge in [-0.15, -0.1) is 11.6 Å². The summed E-state index contributed by atoms with van der Waals surface area (Å²) in [6, 6.07) is 9.64. The maximum absolute atomic E-state index is 6.17. The number of furan rings is 1. The molecule has 1 unspecified atom stereocenters. The van der Waals surface area contributed by atoms with Crippen LogP contribution in [0.3, 0.4) is 0 Å². The Morgan fingerprint density at radius 2 is 2.16 bits per heavy atom. The van der Waals surface area contributed by atoms with Crippen molar-refractivity contribution in [2.45, 2.75) is 25.1 Å². The summed E-state index contributed by atoms with van der Waals surface area (Å²) in [7, 11) is 0. The summed E-state index contributed by atoms with van der Waals surface area (Å²) in [5.41, 5.74) is 0.799. The summed E-state index contributed by atoms with van der Waals surface area (Å²) in [4.78, 5) is 4.29. The van der Waals surface area contributed by atoms with Gasteiger partial charge in [-0.3, -0.25) is 0 Å². The Morgan fingerprint density at radius 1 is 1.32 bits per heavy atom. The van der Waals surface area contributed by atoms with Crippen molar-refractivity contribution in [3.63, 3.8) is 0 Å². The van der Waals surface area contributed by atoms with Crippen molar-refractivity contribution in [1.82, 2.24) is 10.1 Å². The van der Waals surface area contributed by atoms with Crippen LogP contribution < -0.4 is 0 Å². The Bertz CT molecular complexity index is 656. The lowest BCUT2D eigenvalue weighted by Gasteiger charge is -1.99. The van der Waals surface area contributed by atoms with E-state index in [-0.39, 0.29) is 5.38 Å². The van der Waals surface area contributed by atoms with Crippen molar-refractivity contribution in [3.05, 3.63) is 36.2 Å². The van der Waals surface area contributed by atoms with Gasteiger partial charge in [0.2, 0.25) is 0 Å². The topological polar surface area (TPSA) is 52.1 Å². The van der Waals surface area contributed by atoms with Crippen LogP contribution in [-0.2, 0) is 0 Å². The molecule has 0 aliphatic rings. The standard InChI is InChI=1S/C14H13ClN2O2/c1-2-5-10(15)13-16-14(19-17-13)12-8-9-6-3-4-7-11(9)18-12/h3-4,6-8,10H,2,5H2,1H3. The maximum Gasteiger partial charge on any atom is 0.293 e. The van der Waals surface area contributed by atoms with Gasteiger partial charge >= 0.3 is 0 Å². The molecule has 3 rings (SSSR count). The second-order valence-corrected chi connectivity index (χ2v) is 4.89. The number of para-hydroxylation sites is 1. The van der Waals surface area contributed by atoms with Crippen LogP contribution in [0.1, 0.15) is 31.0 Å². The molecule has 0 fully saturated rings. The number of rotatable bonds is 4. The summed E-state index contributed by atoms with van der Waals surface area (Å²) >= 11 is 6.17. The highest BCUT2D eigenvalue weighted by Crippen LogP contribution is 2.29. The van der Waals surface area contributed by atoms with Crippen LogP contribution in [0.25, 0.3) is 22.6 Å². The van der Waals surface area contributed by atoms with E-state index >= 15 is 0 Å². The van der Waals surface area contributed by atoms with Crippen molar-refractivity contribution in [2.24, 2.45) is 0 Å². The smallest absolute Gasteiger partial charge is 0.293 e. The Hall–Kier alpha value is -1.81. The van der Waals surface area contributed by atoms with Crippen LogP contribution in [0.2, 0.25) is 0 Å². The molecule has 0 saturated carbocycles. The molecule has 2 heterocycles. The minimum absolute atomic E-state index is 0.216. The molecular weight excluding hydrogens is 264 g/mol. The third-order valence-corrected chi connectivity index (χ3v) is 3.31. The first kappa shape index (κ1) is 12.2. The van der Waals surface area contributed by atoms with Gasteiger partial charge in [0.1, 0.15) is 5.58 Å². The zero-order valence-electron chi connectivity index (χ0n) is 10.5. The molecule has 0 saturated heterocycles. The van der Waals surface area contributed by atoms with Crippen molar-refractivity contribution in [2.75, 3.05) is 0 Å². The van der Waals surface area contributed by atoms with E-state index in [2.05, 4.69) is 17.1 Å². The third kappa shape index (κ3) is 2.36. The molecule has 5 heteroatoms. The van der Waals surface area contributed by atoms with Crippen molar-refractivity contribution in [3.8, 4) is 11.7 Å². The lowest BCUT2D eigenvalue weighted by atomic mass is 10.2. The van der Waals surface area contributed by atoms with Crippen molar-refractivity contribution in [1.29, 1.82) is 0 Å². The molecule has 3 aromatic rings.